The van der Waals surface area contributed by atoms with Crippen LogP contribution in [0.15, 0.2) is 66.9 Å². The molecular weight excluding hydrogens is 378 g/mol. The average molecular weight is 405 g/mol. The van der Waals surface area contributed by atoms with Gasteiger partial charge in [0.15, 0.2) is 11.5 Å². The molecule has 0 aliphatic heterocycles. The van der Waals surface area contributed by atoms with E-state index in [9.17, 15) is 4.79 Å². The molecule has 0 unspecified atom stereocenters. The Morgan fingerprint density at radius 2 is 1.77 bits per heavy atom. The van der Waals surface area contributed by atoms with Crippen LogP contribution < -0.4 is 14.8 Å². The van der Waals surface area contributed by atoms with Crippen molar-refractivity contribution in [3.05, 3.63) is 83.7 Å². The molecule has 0 saturated heterocycles. The Hall–Kier alpha value is -3.54. The molecular formula is C24H27N3O3. The summed E-state index contributed by atoms with van der Waals surface area (Å²) in [6.07, 6.45) is 2.43. The second kappa shape index (κ2) is 10.3. The molecule has 1 N–H and O–H groups in total. The van der Waals surface area contributed by atoms with Gasteiger partial charge in [0, 0.05) is 37.1 Å². The molecule has 2 amide bonds. The van der Waals surface area contributed by atoms with Gasteiger partial charge in [0.25, 0.3) is 0 Å². The molecule has 0 atom stereocenters. The van der Waals surface area contributed by atoms with Crippen LogP contribution in [-0.4, -0.2) is 36.7 Å². The third-order valence-corrected chi connectivity index (χ3v) is 4.86. The molecule has 1 aromatic heterocycles. The number of pyridine rings is 1. The van der Waals surface area contributed by atoms with E-state index in [0.717, 1.165) is 22.5 Å². The van der Waals surface area contributed by atoms with Gasteiger partial charge in [-0.05, 0) is 48.4 Å². The predicted octanol–water partition coefficient (Wildman–Crippen LogP) is 4.68. The van der Waals surface area contributed by atoms with Crippen molar-refractivity contribution in [3.8, 4) is 11.5 Å². The van der Waals surface area contributed by atoms with Gasteiger partial charge in [0.2, 0.25) is 0 Å². The molecule has 3 aromatic rings. The first-order valence-electron chi connectivity index (χ1n) is 9.83. The highest BCUT2D eigenvalue weighted by molar-refractivity contribution is 5.90. The summed E-state index contributed by atoms with van der Waals surface area (Å²) in [5, 5.41) is 3.03. The maximum absolute atomic E-state index is 13.1. The number of amides is 2. The highest BCUT2D eigenvalue weighted by atomic mass is 16.5. The van der Waals surface area contributed by atoms with Crippen molar-refractivity contribution in [2.75, 3.05) is 26.1 Å². The molecule has 0 saturated carbocycles. The minimum absolute atomic E-state index is 0.157. The maximum Gasteiger partial charge on any atom is 0.322 e. The van der Waals surface area contributed by atoms with Crippen molar-refractivity contribution < 1.29 is 14.3 Å². The molecule has 1 heterocycles. The summed E-state index contributed by atoms with van der Waals surface area (Å²) >= 11 is 0. The fourth-order valence-electron chi connectivity index (χ4n) is 3.15. The van der Waals surface area contributed by atoms with Gasteiger partial charge >= 0.3 is 6.03 Å². The number of carbonyl (C=O) groups excluding carboxylic acids is 1. The number of urea groups is 1. The number of ether oxygens (including phenoxy) is 2. The normalized spacial score (nSPS) is 10.4. The standard InChI is InChI=1S/C24H27N3O3/c1-18-8-4-5-10-21(18)26-24(28)27(15-13-20-9-6-7-14-25-20)17-19-11-12-22(29-2)23(16-19)30-3/h4-12,14,16H,13,15,17H2,1-3H3,(H,26,28). The second-order valence-electron chi connectivity index (χ2n) is 6.93. The van der Waals surface area contributed by atoms with Crippen LogP contribution in [0.2, 0.25) is 0 Å². The first-order chi connectivity index (χ1) is 14.6. The number of para-hydroxylation sites is 1. The van der Waals surface area contributed by atoms with Gasteiger partial charge in [-0.1, -0.05) is 30.3 Å². The molecule has 0 radical (unpaired) electrons. The minimum atomic E-state index is -0.157. The van der Waals surface area contributed by atoms with Gasteiger partial charge in [-0.3, -0.25) is 4.98 Å². The average Bonchev–Trinajstić information content (AvgIpc) is 2.78. The number of carbonyl (C=O) groups is 1. The molecule has 6 heteroatoms. The van der Waals surface area contributed by atoms with Crippen molar-refractivity contribution in [2.24, 2.45) is 0 Å². The van der Waals surface area contributed by atoms with E-state index in [0.29, 0.717) is 31.0 Å². The lowest BCUT2D eigenvalue weighted by atomic mass is 10.1. The van der Waals surface area contributed by atoms with Crippen LogP contribution in [0.1, 0.15) is 16.8 Å². The molecule has 156 valence electrons. The Kier molecular flexibility index (Phi) is 7.27. The molecule has 0 aliphatic rings. The van der Waals surface area contributed by atoms with Crippen LogP contribution in [0.3, 0.4) is 0 Å². The highest BCUT2D eigenvalue weighted by Crippen LogP contribution is 2.28. The molecule has 3 rings (SSSR count). The van der Waals surface area contributed by atoms with E-state index in [-0.39, 0.29) is 6.03 Å². The lowest BCUT2D eigenvalue weighted by Gasteiger charge is -2.24. The summed E-state index contributed by atoms with van der Waals surface area (Å²) in [5.74, 6) is 1.30. The van der Waals surface area contributed by atoms with Crippen LogP contribution in [0.4, 0.5) is 10.5 Å². The topological polar surface area (TPSA) is 63.7 Å². The Labute approximate surface area is 177 Å². The van der Waals surface area contributed by atoms with E-state index in [4.69, 9.17) is 9.47 Å². The van der Waals surface area contributed by atoms with E-state index >= 15 is 0 Å². The first kappa shape index (κ1) is 21.2. The largest absolute Gasteiger partial charge is 0.493 e. The number of methoxy groups -OCH3 is 2. The van der Waals surface area contributed by atoms with E-state index in [1.165, 1.54) is 0 Å². The van der Waals surface area contributed by atoms with Crippen LogP contribution in [0, 0.1) is 6.92 Å². The van der Waals surface area contributed by atoms with Crippen molar-refractivity contribution in [1.29, 1.82) is 0 Å². The van der Waals surface area contributed by atoms with E-state index in [1.54, 1.807) is 25.3 Å². The van der Waals surface area contributed by atoms with E-state index in [2.05, 4.69) is 10.3 Å². The van der Waals surface area contributed by atoms with Gasteiger partial charge in [-0.25, -0.2) is 4.79 Å². The fraction of sp³-hybridized carbons (Fsp3) is 0.250. The Balaban J connectivity index is 1.79. The molecule has 0 spiro atoms. The van der Waals surface area contributed by atoms with Crippen LogP contribution in [0.25, 0.3) is 0 Å². The molecule has 2 aromatic carbocycles. The lowest BCUT2D eigenvalue weighted by Crippen LogP contribution is -2.36. The smallest absolute Gasteiger partial charge is 0.322 e. The van der Waals surface area contributed by atoms with Crippen molar-refractivity contribution in [1.82, 2.24) is 9.88 Å². The van der Waals surface area contributed by atoms with E-state index < -0.39 is 0 Å². The molecule has 0 aliphatic carbocycles. The number of aromatic nitrogens is 1. The first-order valence-corrected chi connectivity index (χ1v) is 9.83. The number of hydrogen-bond donors (Lipinski definition) is 1. The second-order valence-corrected chi connectivity index (χ2v) is 6.93. The summed E-state index contributed by atoms with van der Waals surface area (Å²) in [7, 11) is 3.21. The van der Waals surface area contributed by atoms with Crippen LogP contribution in [-0.2, 0) is 13.0 Å². The number of aryl methyl sites for hydroxylation is 1. The van der Waals surface area contributed by atoms with E-state index in [1.807, 2.05) is 67.6 Å². The number of nitrogens with one attached hydrogen (secondary N) is 1. The van der Waals surface area contributed by atoms with Gasteiger partial charge in [-0.2, -0.15) is 0 Å². The van der Waals surface area contributed by atoms with Gasteiger partial charge in [0.1, 0.15) is 0 Å². The zero-order valence-electron chi connectivity index (χ0n) is 17.6. The fourth-order valence-corrected chi connectivity index (χ4v) is 3.15. The third-order valence-electron chi connectivity index (χ3n) is 4.86. The van der Waals surface area contributed by atoms with Gasteiger partial charge in [0.05, 0.1) is 14.2 Å². The van der Waals surface area contributed by atoms with Gasteiger partial charge < -0.3 is 19.7 Å². The predicted molar refractivity (Wildman–Crippen MR) is 118 cm³/mol. The lowest BCUT2D eigenvalue weighted by molar-refractivity contribution is 0.209. The zero-order valence-corrected chi connectivity index (χ0v) is 17.6. The number of anilines is 1. The summed E-state index contributed by atoms with van der Waals surface area (Å²) in [6, 6.07) is 19.1. The molecule has 30 heavy (non-hydrogen) atoms. The van der Waals surface area contributed by atoms with Crippen molar-refractivity contribution in [2.45, 2.75) is 19.9 Å². The number of nitrogens with zero attached hydrogens (tertiary/aromatic N) is 2. The summed E-state index contributed by atoms with van der Waals surface area (Å²) in [4.78, 5) is 19.3. The molecule has 6 nitrogen and oxygen atoms in total. The minimum Gasteiger partial charge on any atom is -0.493 e. The molecule has 0 fully saturated rings. The number of benzene rings is 2. The van der Waals surface area contributed by atoms with Crippen LogP contribution >= 0.6 is 0 Å². The van der Waals surface area contributed by atoms with Crippen LogP contribution in [0.5, 0.6) is 11.5 Å². The van der Waals surface area contributed by atoms with Gasteiger partial charge in [-0.15, -0.1) is 0 Å². The monoisotopic (exact) mass is 405 g/mol. The van der Waals surface area contributed by atoms with Crippen molar-refractivity contribution in [3.63, 3.8) is 0 Å². The summed E-state index contributed by atoms with van der Waals surface area (Å²) < 4.78 is 10.7. The summed E-state index contributed by atoms with van der Waals surface area (Å²) in [5.41, 5.74) is 3.71. The third kappa shape index (κ3) is 5.50. The summed E-state index contributed by atoms with van der Waals surface area (Å²) in [6.45, 7) is 2.94. The number of rotatable bonds is 8. The zero-order chi connectivity index (χ0) is 21.3. The Morgan fingerprint density at radius 3 is 2.47 bits per heavy atom. The number of hydrogen-bond acceptors (Lipinski definition) is 4. The molecule has 0 bridgehead atoms. The Bertz CT molecular complexity index is 976. The SMILES string of the molecule is COc1ccc(CN(CCc2ccccn2)C(=O)Nc2ccccc2C)cc1OC. The maximum atomic E-state index is 13.1. The van der Waals surface area contributed by atoms with Crippen molar-refractivity contribution >= 4 is 11.7 Å². The Morgan fingerprint density at radius 1 is 1.00 bits per heavy atom. The highest BCUT2D eigenvalue weighted by Gasteiger charge is 2.16. The quantitative estimate of drug-likeness (QED) is 0.591.